The Morgan fingerprint density at radius 1 is 0.690 bits per heavy atom. The molecule has 144 valence electrons. The standard InChI is InChI=1S/C25H24BNO2/c1-24(2)25(3,4)29-26(28-24)21-14-13-17-9-5-7-11-19(17)22(21)23-20-12-8-6-10-18(20)15-16-27-23/h5-16H,1-4H3. The second-order valence-corrected chi connectivity index (χ2v) is 8.72. The van der Waals surface area contributed by atoms with E-state index >= 15 is 0 Å². The second kappa shape index (κ2) is 6.41. The third-order valence-corrected chi connectivity index (χ3v) is 6.38. The third kappa shape index (κ3) is 2.86. The Hall–Kier alpha value is -2.69. The van der Waals surface area contributed by atoms with Gasteiger partial charge in [0, 0.05) is 17.1 Å². The van der Waals surface area contributed by atoms with E-state index in [2.05, 4.69) is 94.4 Å². The molecule has 0 unspecified atom stereocenters. The summed E-state index contributed by atoms with van der Waals surface area (Å²) < 4.78 is 12.8. The summed E-state index contributed by atoms with van der Waals surface area (Å²) in [5, 5.41) is 4.63. The van der Waals surface area contributed by atoms with Gasteiger partial charge in [-0.1, -0.05) is 60.7 Å². The van der Waals surface area contributed by atoms with Crippen LogP contribution in [0.4, 0.5) is 0 Å². The summed E-state index contributed by atoms with van der Waals surface area (Å²) in [5.74, 6) is 0. The zero-order valence-corrected chi connectivity index (χ0v) is 17.3. The summed E-state index contributed by atoms with van der Waals surface area (Å²) in [7, 11) is -0.444. The van der Waals surface area contributed by atoms with Gasteiger partial charge in [0.1, 0.15) is 0 Å². The van der Waals surface area contributed by atoms with Crippen molar-refractivity contribution in [2.75, 3.05) is 0 Å². The van der Waals surface area contributed by atoms with Gasteiger partial charge in [-0.05, 0) is 55.4 Å². The van der Waals surface area contributed by atoms with Crippen LogP contribution in [0.5, 0.6) is 0 Å². The van der Waals surface area contributed by atoms with Crippen LogP contribution in [-0.2, 0) is 9.31 Å². The first-order valence-corrected chi connectivity index (χ1v) is 10.1. The van der Waals surface area contributed by atoms with E-state index in [0.717, 1.165) is 27.5 Å². The zero-order chi connectivity index (χ0) is 20.2. The minimum Gasteiger partial charge on any atom is -0.399 e. The number of hydrogen-bond donors (Lipinski definition) is 0. The van der Waals surface area contributed by atoms with Crippen LogP contribution in [0.3, 0.4) is 0 Å². The van der Waals surface area contributed by atoms with E-state index in [1.54, 1.807) is 0 Å². The van der Waals surface area contributed by atoms with Gasteiger partial charge in [0.25, 0.3) is 0 Å². The fraction of sp³-hybridized carbons (Fsp3) is 0.240. The molecule has 1 fully saturated rings. The van der Waals surface area contributed by atoms with Gasteiger partial charge in [0.2, 0.25) is 0 Å². The summed E-state index contributed by atoms with van der Waals surface area (Å²) in [5.41, 5.74) is 2.27. The molecular formula is C25H24BNO2. The minimum absolute atomic E-state index is 0.396. The maximum Gasteiger partial charge on any atom is 0.495 e. The maximum atomic E-state index is 6.42. The molecule has 4 heteroatoms. The van der Waals surface area contributed by atoms with Gasteiger partial charge in [-0.3, -0.25) is 4.98 Å². The molecule has 0 radical (unpaired) electrons. The van der Waals surface area contributed by atoms with Crippen molar-refractivity contribution in [2.24, 2.45) is 0 Å². The fourth-order valence-corrected chi connectivity index (χ4v) is 4.04. The molecule has 0 amide bonds. The SMILES string of the molecule is CC1(C)OB(c2ccc3ccccc3c2-c2nccc3ccccc23)OC1(C)C. The van der Waals surface area contributed by atoms with Gasteiger partial charge >= 0.3 is 7.12 Å². The Kier molecular flexibility index (Phi) is 4.06. The number of hydrogen-bond acceptors (Lipinski definition) is 3. The first kappa shape index (κ1) is 18.4. The summed E-state index contributed by atoms with van der Waals surface area (Å²) in [6.07, 6.45) is 1.88. The monoisotopic (exact) mass is 381 g/mol. The highest BCUT2D eigenvalue weighted by molar-refractivity contribution is 6.64. The van der Waals surface area contributed by atoms with E-state index in [1.807, 2.05) is 6.20 Å². The molecule has 3 aromatic carbocycles. The smallest absolute Gasteiger partial charge is 0.399 e. The third-order valence-electron chi connectivity index (χ3n) is 6.38. The van der Waals surface area contributed by atoms with Gasteiger partial charge in [-0.2, -0.15) is 0 Å². The van der Waals surface area contributed by atoms with Crippen LogP contribution in [0.15, 0.2) is 72.9 Å². The van der Waals surface area contributed by atoms with Crippen molar-refractivity contribution in [3.63, 3.8) is 0 Å². The van der Waals surface area contributed by atoms with Crippen LogP contribution in [0.2, 0.25) is 0 Å². The van der Waals surface area contributed by atoms with Gasteiger partial charge < -0.3 is 9.31 Å². The van der Waals surface area contributed by atoms with Crippen LogP contribution >= 0.6 is 0 Å². The first-order chi connectivity index (χ1) is 13.9. The van der Waals surface area contributed by atoms with Crippen LogP contribution in [0, 0.1) is 0 Å². The molecule has 0 aliphatic carbocycles. The Labute approximate surface area is 171 Å². The average molecular weight is 381 g/mol. The predicted molar refractivity (Wildman–Crippen MR) is 120 cm³/mol. The van der Waals surface area contributed by atoms with Crippen molar-refractivity contribution < 1.29 is 9.31 Å². The largest absolute Gasteiger partial charge is 0.495 e. The predicted octanol–water partition coefficient (Wildman–Crippen LogP) is 5.35. The number of pyridine rings is 1. The lowest BCUT2D eigenvalue weighted by atomic mass is 9.73. The normalized spacial score (nSPS) is 17.9. The molecule has 2 heterocycles. The van der Waals surface area contributed by atoms with Crippen molar-refractivity contribution in [3.8, 4) is 11.3 Å². The average Bonchev–Trinajstić information content (AvgIpc) is 2.93. The number of fused-ring (bicyclic) bond motifs is 2. The molecule has 1 aliphatic rings. The molecule has 29 heavy (non-hydrogen) atoms. The molecule has 1 aromatic heterocycles. The minimum atomic E-state index is -0.444. The summed E-state index contributed by atoms with van der Waals surface area (Å²) in [4.78, 5) is 4.82. The van der Waals surface area contributed by atoms with Crippen molar-refractivity contribution >= 4 is 34.1 Å². The lowest BCUT2D eigenvalue weighted by molar-refractivity contribution is 0.00578. The van der Waals surface area contributed by atoms with Gasteiger partial charge in [0.05, 0.1) is 16.9 Å². The van der Waals surface area contributed by atoms with E-state index in [9.17, 15) is 0 Å². The lowest BCUT2D eigenvalue weighted by Crippen LogP contribution is -2.41. The van der Waals surface area contributed by atoms with Crippen LogP contribution in [0.25, 0.3) is 32.8 Å². The molecule has 0 N–H and O–H groups in total. The number of nitrogens with zero attached hydrogens (tertiary/aromatic N) is 1. The summed E-state index contributed by atoms with van der Waals surface area (Å²) in [6, 6.07) is 23.1. The topological polar surface area (TPSA) is 31.4 Å². The molecule has 1 aliphatic heterocycles. The summed E-state index contributed by atoms with van der Waals surface area (Å²) in [6.45, 7) is 8.35. The summed E-state index contributed by atoms with van der Waals surface area (Å²) >= 11 is 0. The zero-order valence-electron chi connectivity index (χ0n) is 17.3. The molecule has 0 spiro atoms. The highest BCUT2D eigenvalue weighted by Crippen LogP contribution is 2.39. The van der Waals surface area contributed by atoms with E-state index in [1.165, 1.54) is 10.8 Å². The molecule has 3 nitrogen and oxygen atoms in total. The molecule has 0 atom stereocenters. The Bertz CT molecular complexity index is 1210. The molecule has 5 rings (SSSR count). The van der Waals surface area contributed by atoms with Crippen molar-refractivity contribution in [1.82, 2.24) is 4.98 Å². The van der Waals surface area contributed by atoms with Gasteiger partial charge in [-0.15, -0.1) is 0 Å². The van der Waals surface area contributed by atoms with E-state index in [-0.39, 0.29) is 0 Å². The highest BCUT2D eigenvalue weighted by atomic mass is 16.7. The molecule has 0 saturated carbocycles. The fourth-order valence-electron chi connectivity index (χ4n) is 4.04. The van der Waals surface area contributed by atoms with Crippen molar-refractivity contribution in [3.05, 3.63) is 72.9 Å². The molecule has 4 aromatic rings. The Balaban J connectivity index is 1.81. The quantitative estimate of drug-likeness (QED) is 0.439. The van der Waals surface area contributed by atoms with Crippen molar-refractivity contribution in [1.29, 1.82) is 0 Å². The Morgan fingerprint density at radius 2 is 1.28 bits per heavy atom. The maximum absolute atomic E-state index is 6.42. The lowest BCUT2D eigenvalue weighted by Gasteiger charge is -2.32. The van der Waals surface area contributed by atoms with Crippen LogP contribution < -0.4 is 5.46 Å². The number of aromatic nitrogens is 1. The van der Waals surface area contributed by atoms with Gasteiger partial charge in [0.15, 0.2) is 0 Å². The van der Waals surface area contributed by atoms with Crippen LogP contribution in [-0.4, -0.2) is 23.3 Å². The van der Waals surface area contributed by atoms with Crippen LogP contribution in [0.1, 0.15) is 27.7 Å². The molecule has 1 saturated heterocycles. The second-order valence-electron chi connectivity index (χ2n) is 8.72. The molecule has 0 bridgehead atoms. The number of benzene rings is 3. The van der Waals surface area contributed by atoms with Gasteiger partial charge in [-0.25, -0.2) is 0 Å². The van der Waals surface area contributed by atoms with E-state index in [0.29, 0.717) is 0 Å². The van der Waals surface area contributed by atoms with E-state index < -0.39 is 18.3 Å². The first-order valence-electron chi connectivity index (χ1n) is 10.1. The molecular weight excluding hydrogens is 357 g/mol. The van der Waals surface area contributed by atoms with Crippen molar-refractivity contribution in [2.45, 2.75) is 38.9 Å². The highest BCUT2D eigenvalue weighted by Gasteiger charge is 2.52. The van der Waals surface area contributed by atoms with E-state index in [4.69, 9.17) is 14.3 Å². The Morgan fingerprint density at radius 3 is 1.97 bits per heavy atom. The number of rotatable bonds is 2.